The summed E-state index contributed by atoms with van der Waals surface area (Å²) in [5, 5.41) is 12.8. The van der Waals surface area contributed by atoms with Crippen molar-refractivity contribution in [3.05, 3.63) is 63.9 Å². The van der Waals surface area contributed by atoms with Gasteiger partial charge in [-0.2, -0.15) is 5.26 Å². The van der Waals surface area contributed by atoms with Gasteiger partial charge < -0.3 is 15.0 Å². The molecular weight excluding hydrogens is 549 g/mol. The van der Waals surface area contributed by atoms with Gasteiger partial charge in [0.05, 0.1) is 23.6 Å². The van der Waals surface area contributed by atoms with Crippen molar-refractivity contribution in [2.24, 2.45) is 5.41 Å². The van der Waals surface area contributed by atoms with E-state index in [0.29, 0.717) is 41.7 Å². The van der Waals surface area contributed by atoms with Gasteiger partial charge in [0, 0.05) is 23.0 Å². The van der Waals surface area contributed by atoms with Gasteiger partial charge in [0.2, 0.25) is 5.91 Å². The molecule has 0 aromatic heterocycles. The predicted molar refractivity (Wildman–Crippen MR) is 151 cm³/mol. The molecule has 2 aliphatic rings. The molecule has 5 atom stereocenters. The van der Waals surface area contributed by atoms with Crippen LogP contribution >= 0.6 is 11.6 Å². The number of ether oxygens (including phenoxy) is 1. The fourth-order valence-electron chi connectivity index (χ4n) is 5.50. The fourth-order valence-corrected chi connectivity index (χ4v) is 5.73. The van der Waals surface area contributed by atoms with Crippen LogP contribution in [-0.4, -0.2) is 46.9 Å². The molecule has 0 aliphatic carbocycles. The normalized spacial score (nSPS) is 23.4. The van der Waals surface area contributed by atoms with E-state index < -0.39 is 41.4 Å². The van der Waals surface area contributed by atoms with E-state index in [9.17, 15) is 24.0 Å². The van der Waals surface area contributed by atoms with E-state index in [4.69, 9.17) is 16.3 Å². The zero-order valence-electron chi connectivity index (χ0n) is 23.8. The van der Waals surface area contributed by atoms with Crippen molar-refractivity contribution in [2.75, 3.05) is 0 Å². The van der Waals surface area contributed by atoms with Crippen molar-refractivity contribution < 1.29 is 23.5 Å². The zero-order valence-corrected chi connectivity index (χ0v) is 24.5. The summed E-state index contributed by atoms with van der Waals surface area (Å²) in [6.07, 6.45) is 0.904. The first-order chi connectivity index (χ1) is 19.3. The summed E-state index contributed by atoms with van der Waals surface area (Å²) in [6.45, 7) is 8.83. The first kappa shape index (κ1) is 30.3. The second-order valence-corrected chi connectivity index (χ2v) is 11.9. The molecular formula is C30H35ClFN5O4. The Bertz CT molecular complexity index is 1370. The molecule has 0 saturated carbocycles. The number of nitrogens with one attached hydrogen (secondary N) is 3. The Kier molecular flexibility index (Phi) is 8.90. The minimum atomic E-state index is -0.930. The van der Waals surface area contributed by atoms with Crippen LogP contribution in [0.2, 0.25) is 5.02 Å². The van der Waals surface area contributed by atoms with Crippen LogP contribution in [0.3, 0.4) is 0 Å². The molecule has 2 aromatic carbocycles. The minimum absolute atomic E-state index is 0.0496. The molecule has 2 aromatic rings. The first-order valence-corrected chi connectivity index (χ1v) is 14.0. The summed E-state index contributed by atoms with van der Waals surface area (Å²) in [4.78, 5) is 40.8. The van der Waals surface area contributed by atoms with Crippen LogP contribution in [-0.2, 0) is 9.59 Å². The molecule has 0 radical (unpaired) electrons. The number of nitrogens with zero attached hydrogens (tertiary/aromatic N) is 2. The van der Waals surface area contributed by atoms with Gasteiger partial charge in [0.1, 0.15) is 17.6 Å². The lowest BCUT2D eigenvalue weighted by Crippen LogP contribution is -2.56. The third-order valence-electron chi connectivity index (χ3n) is 7.76. The quantitative estimate of drug-likeness (QED) is 0.445. The van der Waals surface area contributed by atoms with Crippen molar-refractivity contribution in [3.63, 3.8) is 0 Å². The Hall–Kier alpha value is -3.68. The maximum atomic E-state index is 14.2. The maximum Gasteiger partial charge on any atom is 0.275 e. The molecule has 2 saturated heterocycles. The highest BCUT2D eigenvalue weighted by Gasteiger charge is 2.46. The Labute approximate surface area is 244 Å². The number of likely N-dealkylation sites (tertiary alicyclic amines) is 1. The summed E-state index contributed by atoms with van der Waals surface area (Å²) in [6, 6.07) is 9.49. The van der Waals surface area contributed by atoms with E-state index in [1.54, 1.807) is 56.9 Å². The van der Waals surface area contributed by atoms with E-state index in [1.165, 1.54) is 12.1 Å². The number of benzene rings is 2. The van der Waals surface area contributed by atoms with Crippen molar-refractivity contribution in [1.29, 1.82) is 5.26 Å². The Balaban J connectivity index is 1.51. The summed E-state index contributed by atoms with van der Waals surface area (Å²) in [5.74, 6) is -1.14. The lowest BCUT2D eigenvalue weighted by atomic mass is 9.84. The van der Waals surface area contributed by atoms with Gasteiger partial charge in [-0.25, -0.2) is 9.82 Å². The van der Waals surface area contributed by atoms with Crippen molar-refractivity contribution >= 4 is 29.3 Å². The second kappa shape index (κ2) is 12.0. The molecule has 3 amide bonds. The highest BCUT2D eigenvalue weighted by atomic mass is 35.5. The number of carbonyl (C=O) groups is 3. The maximum absolute atomic E-state index is 14.2. The molecule has 218 valence electrons. The van der Waals surface area contributed by atoms with Crippen LogP contribution in [0.1, 0.15) is 74.5 Å². The van der Waals surface area contributed by atoms with Crippen LogP contribution in [0.5, 0.6) is 5.75 Å². The number of nitriles is 1. The number of halogens is 2. The fraction of sp³-hybridized carbons (Fsp3) is 0.467. The Morgan fingerprint density at radius 2 is 1.98 bits per heavy atom. The van der Waals surface area contributed by atoms with Crippen molar-refractivity contribution in [3.8, 4) is 11.8 Å². The number of aryl methyl sites for hydroxylation is 1. The molecule has 0 spiro atoms. The molecule has 2 fully saturated rings. The minimum Gasteiger partial charge on any atom is -0.480 e. The molecule has 11 heteroatoms. The lowest BCUT2D eigenvalue weighted by molar-refractivity contribution is -0.137. The van der Waals surface area contributed by atoms with Gasteiger partial charge in [-0.05, 0) is 95.0 Å². The standard InChI is InChI=1S/C30H35ClFN5O4/c1-16-10-19(6-8-24(16)41-25-11-17(2)35-36-28(25)39)27(38)34-18(3)29(40)37-23(7-9-26(37)30(4,5)15-33)20-12-21(31)14-22(32)13-20/h6,8,10,12-14,17-18,23,25-26,35H,7,9,11H2,1-5H3,(H,34,38)(H,36,39)/t17?,18-,23+,25?,26-/m1/s1. The van der Waals surface area contributed by atoms with E-state index in [-0.39, 0.29) is 22.9 Å². The van der Waals surface area contributed by atoms with Crippen LogP contribution < -0.4 is 20.9 Å². The number of amides is 3. The van der Waals surface area contributed by atoms with Gasteiger partial charge in [-0.1, -0.05) is 11.6 Å². The molecule has 3 N–H and O–H groups in total. The van der Waals surface area contributed by atoms with Crippen LogP contribution in [0.25, 0.3) is 0 Å². The smallest absolute Gasteiger partial charge is 0.275 e. The second-order valence-electron chi connectivity index (χ2n) is 11.4. The number of hydrogen-bond donors (Lipinski definition) is 3. The summed E-state index contributed by atoms with van der Waals surface area (Å²) in [5.41, 5.74) is 6.10. The van der Waals surface area contributed by atoms with E-state index in [0.717, 1.165) is 0 Å². The van der Waals surface area contributed by atoms with Gasteiger partial charge in [0.25, 0.3) is 11.8 Å². The molecule has 0 bridgehead atoms. The van der Waals surface area contributed by atoms with Gasteiger partial charge in [-0.3, -0.25) is 19.8 Å². The van der Waals surface area contributed by atoms with E-state index in [1.807, 2.05) is 6.92 Å². The lowest BCUT2D eigenvalue weighted by Gasteiger charge is -2.38. The Morgan fingerprint density at radius 1 is 1.24 bits per heavy atom. The molecule has 2 heterocycles. The first-order valence-electron chi connectivity index (χ1n) is 13.6. The average molecular weight is 584 g/mol. The van der Waals surface area contributed by atoms with Crippen LogP contribution in [0, 0.1) is 29.5 Å². The molecule has 41 heavy (non-hydrogen) atoms. The molecule has 2 unspecified atom stereocenters. The van der Waals surface area contributed by atoms with Crippen LogP contribution in [0.15, 0.2) is 36.4 Å². The van der Waals surface area contributed by atoms with Crippen molar-refractivity contribution in [1.82, 2.24) is 21.1 Å². The topological polar surface area (TPSA) is 124 Å². The number of carbonyl (C=O) groups excluding carboxylic acids is 3. The highest BCUT2D eigenvalue weighted by Crippen LogP contribution is 2.44. The number of hydrogen-bond acceptors (Lipinski definition) is 6. The monoisotopic (exact) mass is 583 g/mol. The van der Waals surface area contributed by atoms with Crippen molar-refractivity contribution in [2.45, 2.75) is 84.2 Å². The van der Waals surface area contributed by atoms with Gasteiger partial charge in [0.15, 0.2) is 6.10 Å². The summed E-state index contributed by atoms with van der Waals surface area (Å²) >= 11 is 6.12. The third kappa shape index (κ3) is 6.63. The Morgan fingerprint density at radius 3 is 2.63 bits per heavy atom. The molecule has 9 nitrogen and oxygen atoms in total. The summed E-state index contributed by atoms with van der Waals surface area (Å²) in [7, 11) is 0. The predicted octanol–water partition coefficient (Wildman–Crippen LogP) is 4.35. The summed E-state index contributed by atoms with van der Waals surface area (Å²) < 4.78 is 20.1. The van der Waals surface area contributed by atoms with E-state index in [2.05, 4.69) is 22.2 Å². The number of rotatable bonds is 7. The van der Waals surface area contributed by atoms with Gasteiger partial charge in [-0.15, -0.1) is 0 Å². The van der Waals surface area contributed by atoms with Crippen LogP contribution in [0.4, 0.5) is 4.39 Å². The third-order valence-corrected chi connectivity index (χ3v) is 7.97. The highest BCUT2D eigenvalue weighted by molar-refractivity contribution is 6.30. The average Bonchev–Trinajstić information content (AvgIpc) is 3.37. The largest absolute Gasteiger partial charge is 0.480 e. The molecule has 2 aliphatic heterocycles. The van der Waals surface area contributed by atoms with E-state index >= 15 is 0 Å². The van der Waals surface area contributed by atoms with Gasteiger partial charge >= 0.3 is 0 Å². The SMILES string of the molecule is Cc1cc(C(=O)N[C@H](C)C(=O)N2[C@H](c3cc(F)cc(Cl)c3)CC[C@@H]2C(C)(C)C#N)ccc1OC1CC(C)NNC1=O. The molecule has 4 rings (SSSR count). The zero-order chi connectivity index (χ0) is 30.1. The number of hydrazine groups is 1.